The van der Waals surface area contributed by atoms with Crippen molar-refractivity contribution >= 4 is 5.97 Å². The molecule has 0 spiro atoms. The summed E-state index contributed by atoms with van der Waals surface area (Å²) in [6.07, 6.45) is 28.8. The average Bonchev–Trinajstić information content (AvgIpc) is 2.75. The standard InChI is InChI=1S/C28H56O3/c1-3-5-7-9-11-13-14-15-17-19-21-23-25-31-27(26-28(29)30)24-22-20-18-16-12-10-8-6-4-2/h27H,3-26H2,1-2H3,(H,29,30). The largest absolute Gasteiger partial charge is 0.481 e. The van der Waals surface area contributed by atoms with Crippen LogP contribution in [0.2, 0.25) is 0 Å². The molecule has 186 valence electrons. The number of hydrogen-bond donors (Lipinski definition) is 1. The second kappa shape index (κ2) is 25.7. The van der Waals surface area contributed by atoms with Gasteiger partial charge in [-0.3, -0.25) is 4.79 Å². The zero-order valence-electron chi connectivity index (χ0n) is 21.3. The van der Waals surface area contributed by atoms with Gasteiger partial charge >= 0.3 is 5.97 Å². The molecule has 0 bridgehead atoms. The van der Waals surface area contributed by atoms with Crippen molar-refractivity contribution in [1.29, 1.82) is 0 Å². The Morgan fingerprint density at radius 3 is 1.32 bits per heavy atom. The molecule has 0 fully saturated rings. The van der Waals surface area contributed by atoms with Crippen molar-refractivity contribution in [1.82, 2.24) is 0 Å². The lowest BCUT2D eigenvalue weighted by Crippen LogP contribution is -2.18. The van der Waals surface area contributed by atoms with Gasteiger partial charge in [0.05, 0.1) is 12.5 Å². The van der Waals surface area contributed by atoms with Crippen LogP contribution in [0.3, 0.4) is 0 Å². The first-order valence-corrected chi connectivity index (χ1v) is 14.0. The number of carboxylic acid groups (broad SMARTS) is 1. The van der Waals surface area contributed by atoms with Crippen molar-refractivity contribution in [2.24, 2.45) is 0 Å². The van der Waals surface area contributed by atoms with Crippen LogP contribution in [-0.4, -0.2) is 23.8 Å². The lowest BCUT2D eigenvalue weighted by molar-refractivity contribution is -0.140. The highest BCUT2D eigenvalue weighted by atomic mass is 16.5. The van der Waals surface area contributed by atoms with E-state index in [1.807, 2.05) is 0 Å². The lowest BCUT2D eigenvalue weighted by Gasteiger charge is -2.16. The van der Waals surface area contributed by atoms with E-state index >= 15 is 0 Å². The quantitative estimate of drug-likeness (QED) is 0.136. The second-order valence-electron chi connectivity index (χ2n) is 9.60. The third kappa shape index (κ3) is 25.6. The summed E-state index contributed by atoms with van der Waals surface area (Å²) in [5.74, 6) is -0.726. The maximum Gasteiger partial charge on any atom is 0.305 e. The smallest absolute Gasteiger partial charge is 0.305 e. The molecule has 3 nitrogen and oxygen atoms in total. The minimum Gasteiger partial charge on any atom is -0.481 e. The predicted molar refractivity (Wildman–Crippen MR) is 135 cm³/mol. The zero-order chi connectivity index (χ0) is 22.8. The van der Waals surface area contributed by atoms with E-state index in [0.29, 0.717) is 0 Å². The molecule has 0 saturated carbocycles. The number of rotatable bonds is 26. The summed E-state index contributed by atoms with van der Waals surface area (Å²) >= 11 is 0. The van der Waals surface area contributed by atoms with Gasteiger partial charge in [0, 0.05) is 6.61 Å². The molecule has 0 rings (SSSR count). The van der Waals surface area contributed by atoms with Crippen LogP contribution in [0.4, 0.5) is 0 Å². The minimum atomic E-state index is -0.726. The Morgan fingerprint density at radius 1 is 0.581 bits per heavy atom. The molecule has 31 heavy (non-hydrogen) atoms. The van der Waals surface area contributed by atoms with Crippen LogP contribution in [-0.2, 0) is 9.53 Å². The molecule has 0 aliphatic carbocycles. The molecule has 1 unspecified atom stereocenters. The van der Waals surface area contributed by atoms with E-state index in [1.54, 1.807) is 0 Å². The fraction of sp³-hybridized carbons (Fsp3) is 0.964. The Balaban J connectivity index is 3.52. The summed E-state index contributed by atoms with van der Waals surface area (Å²) in [6, 6.07) is 0. The van der Waals surface area contributed by atoms with Crippen LogP contribution in [0.25, 0.3) is 0 Å². The Morgan fingerprint density at radius 2 is 0.935 bits per heavy atom. The molecule has 0 aromatic carbocycles. The molecule has 0 radical (unpaired) electrons. The normalized spacial score (nSPS) is 12.3. The lowest BCUT2D eigenvalue weighted by atomic mass is 10.0. The molecule has 0 aliphatic rings. The molecule has 0 aromatic heterocycles. The van der Waals surface area contributed by atoms with Crippen molar-refractivity contribution in [2.45, 2.75) is 168 Å². The van der Waals surface area contributed by atoms with Crippen molar-refractivity contribution in [3.05, 3.63) is 0 Å². The van der Waals surface area contributed by atoms with E-state index in [9.17, 15) is 4.79 Å². The van der Waals surface area contributed by atoms with Crippen LogP contribution in [0.5, 0.6) is 0 Å². The van der Waals surface area contributed by atoms with Crippen molar-refractivity contribution < 1.29 is 14.6 Å². The highest BCUT2D eigenvalue weighted by Gasteiger charge is 2.13. The number of unbranched alkanes of at least 4 members (excludes halogenated alkanes) is 19. The summed E-state index contributed by atoms with van der Waals surface area (Å²) in [5, 5.41) is 9.15. The Bertz CT molecular complexity index is 356. The molecule has 0 amide bonds. The fourth-order valence-electron chi connectivity index (χ4n) is 4.31. The van der Waals surface area contributed by atoms with Gasteiger partial charge in [-0.1, -0.05) is 142 Å². The zero-order valence-corrected chi connectivity index (χ0v) is 21.3. The Labute approximate surface area is 195 Å². The maximum absolute atomic E-state index is 11.1. The van der Waals surface area contributed by atoms with Gasteiger partial charge in [0.1, 0.15) is 0 Å². The van der Waals surface area contributed by atoms with Crippen LogP contribution >= 0.6 is 0 Å². The molecule has 1 atom stereocenters. The molecule has 0 heterocycles. The molecular weight excluding hydrogens is 384 g/mol. The monoisotopic (exact) mass is 440 g/mol. The van der Waals surface area contributed by atoms with Crippen molar-refractivity contribution in [3.63, 3.8) is 0 Å². The summed E-state index contributed by atoms with van der Waals surface area (Å²) < 4.78 is 5.94. The first kappa shape index (κ1) is 30.4. The van der Waals surface area contributed by atoms with Gasteiger partial charge in [-0.25, -0.2) is 0 Å². The summed E-state index contributed by atoms with van der Waals surface area (Å²) in [6.45, 7) is 5.26. The van der Waals surface area contributed by atoms with Gasteiger partial charge in [0.2, 0.25) is 0 Å². The number of hydrogen-bond acceptors (Lipinski definition) is 2. The SMILES string of the molecule is CCCCCCCCCCCCCCOC(CCCCCCCCCCC)CC(=O)O. The first-order valence-electron chi connectivity index (χ1n) is 14.0. The van der Waals surface area contributed by atoms with Crippen molar-refractivity contribution in [2.75, 3.05) is 6.61 Å². The van der Waals surface area contributed by atoms with Crippen LogP contribution in [0, 0.1) is 0 Å². The van der Waals surface area contributed by atoms with Crippen LogP contribution in [0.1, 0.15) is 162 Å². The summed E-state index contributed by atoms with van der Waals surface area (Å²) in [4.78, 5) is 11.1. The molecule has 3 heteroatoms. The minimum absolute atomic E-state index is 0.0882. The molecule has 1 N–H and O–H groups in total. The average molecular weight is 441 g/mol. The Kier molecular flexibility index (Phi) is 25.2. The maximum atomic E-state index is 11.1. The van der Waals surface area contributed by atoms with E-state index < -0.39 is 5.97 Å². The molecular formula is C28H56O3. The third-order valence-corrected chi connectivity index (χ3v) is 6.38. The van der Waals surface area contributed by atoms with E-state index in [4.69, 9.17) is 9.84 Å². The topological polar surface area (TPSA) is 46.5 Å². The van der Waals surface area contributed by atoms with Crippen molar-refractivity contribution in [3.8, 4) is 0 Å². The van der Waals surface area contributed by atoms with Gasteiger partial charge < -0.3 is 9.84 Å². The van der Waals surface area contributed by atoms with E-state index in [1.165, 1.54) is 122 Å². The molecule has 0 aromatic rings. The van der Waals surface area contributed by atoms with Crippen LogP contribution < -0.4 is 0 Å². The first-order chi connectivity index (χ1) is 15.2. The van der Waals surface area contributed by atoms with E-state index in [2.05, 4.69) is 13.8 Å². The highest BCUT2D eigenvalue weighted by Crippen LogP contribution is 2.16. The number of aliphatic carboxylic acids is 1. The second-order valence-corrected chi connectivity index (χ2v) is 9.60. The van der Waals surface area contributed by atoms with Gasteiger partial charge in [0.15, 0.2) is 0 Å². The molecule has 0 saturated heterocycles. The van der Waals surface area contributed by atoms with Gasteiger partial charge in [-0.2, -0.15) is 0 Å². The highest BCUT2D eigenvalue weighted by molar-refractivity contribution is 5.67. The number of carboxylic acids is 1. The van der Waals surface area contributed by atoms with E-state index in [0.717, 1.165) is 25.9 Å². The number of carbonyl (C=O) groups is 1. The van der Waals surface area contributed by atoms with Gasteiger partial charge in [-0.15, -0.1) is 0 Å². The predicted octanol–water partition coefficient (Wildman–Crippen LogP) is 9.47. The summed E-state index contributed by atoms with van der Waals surface area (Å²) in [7, 11) is 0. The summed E-state index contributed by atoms with van der Waals surface area (Å²) in [5.41, 5.74) is 0. The van der Waals surface area contributed by atoms with Gasteiger partial charge in [-0.05, 0) is 12.8 Å². The third-order valence-electron chi connectivity index (χ3n) is 6.38. The van der Waals surface area contributed by atoms with E-state index in [-0.39, 0.29) is 12.5 Å². The molecule has 0 aliphatic heterocycles. The van der Waals surface area contributed by atoms with Crippen LogP contribution in [0.15, 0.2) is 0 Å². The number of ether oxygens (including phenoxy) is 1. The Hall–Kier alpha value is -0.570. The van der Waals surface area contributed by atoms with Gasteiger partial charge in [0.25, 0.3) is 0 Å². The fourth-order valence-corrected chi connectivity index (χ4v) is 4.31.